The minimum absolute atomic E-state index is 0.201. The van der Waals surface area contributed by atoms with E-state index in [1.165, 1.54) is 25.9 Å². The lowest BCUT2D eigenvalue weighted by atomic mass is 10.1. The van der Waals surface area contributed by atoms with Crippen LogP contribution < -0.4 is 4.90 Å². The van der Waals surface area contributed by atoms with Gasteiger partial charge in [0.15, 0.2) is 0 Å². The first-order chi connectivity index (χ1) is 10.6. The first-order valence-corrected chi connectivity index (χ1v) is 8.46. The van der Waals surface area contributed by atoms with Gasteiger partial charge in [0.25, 0.3) is 5.91 Å². The van der Waals surface area contributed by atoms with Crippen molar-refractivity contribution in [2.45, 2.75) is 31.7 Å². The Morgan fingerprint density at radius 2 is 1.77 bits per heavy atom. The lowest BCUT2D eigenvalue weighted by molar-refractivity contribution is 0.0709. The fourth-order valence-electron chi connectivity index (χ4n) is 3.62. The van der Waals surface area contributed by atoms with Crippen LogP contribution >= 0.6 is 0 Å². The zero-order valence-electron chi connectivity index (χ0n) is 13.8. The lowest BCUT2D eigenvalue weighted by Gasteiger charge is -2.28. The third kappa shape index (κ3) is 3.27. The molecule has 1 aromatic carbocycles. The summed E-state index contributed by atoms with van der Waals surface area (Å²) in [5.41, 5.74) is 1.95. The standard InChI is InChI=1S/C18H27N3O/c1-19(2)16-9-7-15(8-10-16)18(22)21-13-5-6-17(21)14-20-11-3-4-12-20/h7-10,17H,3-6,11-14H2,1-2H3. The summed E-state index contributed by atoms with van der Waals surface area (Å²) in [6.07, 6.45) is 4.91. The highest BCUT2D eigenvalue weighted by atomic mass is 16.2. The zero-order valence-corrected chi connectivity index (χ0v) is 13.8. The van der Waals surface area contributed by atoms with Crippen LogP contribution in [0.15, 0.2) is 24.3 Å². The van der Waals surface area contributed by atoms with Gasteiger partial charge in [0.2, 0.25) is 0 Å². The highest BCUT2D eigenvalue weighted by Crippen LogP contribution is 2.23. The van der Waals surface area contributed by atoms with Crippen molar-refractivity contribution in [1.82, 2.24) is 9.80 Å². The van der Waals surface area contributed by atoms with Gasteiger partial charge >= 0.3 is 0 Å². The van der Waals surface area contributed by atoms with Crippen molar-refractivity contribution in [3.8, 4) is 0 Å². The Morgan fingerprint density at radius 3 is 2.41 bits per heavy atom. The minimum Gasteiger partial charge on any atom is -0.378 e. The molecule has 3 rings (SSSR count). The molecule has 2 saturated heterocycles. The molecule has 1 amide bonds. The van der Waals surface area contributed by atoms with Crippen LogP contribution in [0.25, 0.3) is 0 Å². The average Bonchev–Trinajstić information content (AvgIpc) is 3.19. The van der Waals surface area contributed by atoms with Crippen molar-refractivity contribution in [3.63, 3.8) is 0 Å². The number of anilines is 1. The van der Waals surface area contributed by atoms with Gasteiger partial charge in [0.05, 0.1) is 0 Å². The van der Waals surface area contributed by atoms with E-state index in [1.807, 2.05) is 38.4 Å². The van der Waals surface area contributed by atoms with Gasteiger partial charge in [-0.1, -0.05) is 0 Å². The van der Waals surface area contributed by atoms with Crippen LogP contribution in [-0.4, -0.2) is 62.0 Å². The highest BCUT2D eigenvalue weighted by molar-refractivity contribution is 5.95. The summed E-state index contributed by atoms with van der Waals surface area (Å²) in [7, 11) is 4.03. The van der Waals surface area contributed by atoms with Crippen LogP contribution in [0.1, 0.15) is 36.0 Å². The van der Waals surface area contributed by atoms with Gasteiger partial charge < -0.3 is 14.7 Å². The monoisotopic (exact) mass is 301 g/mol. The molecule has 2 fully saturated rings. The fraction of sp³-hybridized carbons (Fsp3) is 0.611. The van der Waals surface area contributed by atoms with Crippen LogP contribution in [0.3, 0.4) is 0 Å². The van der Waals surface area contributed by atoms with E-state index in [2.05, 4.69) is 14.7 Å². The van der Waals surface area contributed by atoms with Crippen molar-refractivity contribution >= 4 is 11.6 Å². The molecule has 22 heavy (non-hydrogen) atoms. The molecule has 0 aromatic heterocycles. The van der Waals surface area contributed by atoms with Crippen molar-refractivity contribution in [2.24, 2.45) is 0 Å². The van der Waals surface area contributed by atoms with Crippen molar-refractivity contribution in [3.05, 3.63) is 29.8 Å². The Labute approximate surface area is 133 Å². The largest absolute Gasteiger partial charge is 0.378 e. The summed E-state index contributed by atoms with van der Waals surface area (Å²) in [6.45, 7) is 4.38. The summed E-state index contributed by atoms with van der Waals surface area (Å²) in [5, 5.41) is 0. The third-order valence-electron chi connectivity index (χ3n) is 4.94. The van der Waals surface area contributed by atoms with Gasteiger partial charge in [0, 0.05) is 44.5 Å². The summed E-state index contributed by atoms with van der Waals surface area (Å²) in [4.78, 5) is 19.5. The van der Waals surface area contributed by atoms with Crippen molar-refractivity contribution in [2.75, 3.05) is 45.2 Å². The van der Waals surface area contributed by atoms with Crippen LogP contribution in [0.5, 0.6) is 0 Å². The summed E-state index contributed by atoms with van der Waals surface area (Å²) in [6, 6.07) is 8.38. The molecule has 4 heteroatoms. The number of amides is 1. The number of nitrogens with zero attached hydrogens (tertiary/aromatic N) is 3. The predicted molar refractivity (Wildman–Crippen MR) is 90.5 cm³/mol. The molecule has 2 heterocycles. The molecule has 0 saturated carbocycles. The molecule has 1 unspecified atom stereocenters. The van der Waals surface area contributed by atoms with Gasteiger partial charge in [-0.05, 0) is 63.0 Å². The maximum Gasteiger partial charge on any atom is 0.254 e. The summed E-state index contributed by atoms with van der Waals surface area (Å²) < 4.78 is 0. The normalized spacial score (nSPS) is 22.3. The van der Waals surface area contributed by atoms with Crippen LogP contribution in [0, 0.1) is 0 Å². The first kappa shape index (κ1) is 15.3. The number of carbonyl (C=O) groups excluding carboxylic acids is 1. The Morgan fingerprint density at radius 1 is 1.09 bits per heavy atom. The topological polar surface area (TPSA) is 26.8 Å². The van der Waals surface area contributed by atoms with E-state index < -0.39 is 0 Å². The third-order valence-corrected chi connectivity index (χ3v) is 4.94. The quantitative estimate of drug-likeness (QED) is 0.855. The van der Waals surface area contributed by atoms with Crippen molar-refractivity contribution in [1.29, 1.82) is 0 Å². The lowest BCUT2D eigenvalue weighted by Crippen LogP contribution is -2.42. The Kier molecular flexibility index (Phi) is 4.67. The zero-order chi connectivity index (χ0) is 15.5. The van der Waals surface area contributed by atoms with Crippen LogP contribution in [0.2, 0.25) is 0 Å². The molecule has 2 aliphatic rings. The minimum atomic E-state index is 0.201. The van der Waals surface area contributed by atoms with E-state index in [4.69, 9.17) is 0 Å². The number of hydrogen-bond acceptors (Lipinski definition) is 3. The smallest absolute Gasteiger partial charge is 0.254 e. The summed E-state index contributed by atoms with van der Waals surface area (Å²) >= 11 is 0. The predicted octanol–water partition coefficient (Wildman–Crippen LogP) is 2.45. The van der Waals surface area contributed by atoms with E-state index in [1.54, 1.807) is 0 Å². The number of likely N-dealkylation sites (tertiary alicyclic amines) is 2. The number of hydrogen-bond donors (Lipinski definition) is 0. The molecular weight excluding hydrogens is 274 g/mol. The maximum atomic E-state index is 12.8. The number of rotatable bonds is 4. The SMILES string of the molecule is CN(C)c1ccc(C(=O)N2CCCC2CN2CCCC2)cc1. The van der Waals surface area contributed by atoms with E-state index in [-0.39, 0.29) is 5.91 Å². The Balaban J connectivity index is 1.67. The Bertz CT molecular complexity index is 506. The molecule has 0 radical (unpaired) electrons. The molecular formula is C18H27N3O. The van der Waals surface area contributed by atoms with Gasteiger partial charge in [-0.25, -0.2) is 0 Å². The fourth-order valence-corrected chi connectivity index (χ4v) is 3.62. The molecule has 0 bridgehead atoms. The van der Waals surface area contributed by atoms with Crippen LogP contribution in [0.4, 0.5) is 5.69 Å². The number of carbonyl (C=O) groups is 1. The molecule has 0 spiro atoms. The van der Waals surface area contributed by atoms with E-state index in [0.717, 1.165) is 37.2 Å². The van der Waals surface area contributed by atoms with Gasteiger partial charge in [0.1, 0.15) is 0 Å². The van der Waals surface area contributed by atoms with E-state index in [0.29, 0.717) is 6.04 Å². The van der Waals surface area contributed by atoms with Crippen molar-refractivity contribution < 1.29 is 4.79 Å². The molecule has 120 valence electrons. The first-order valence-electron chi connectivity index (χ1n) is 8.46. The molecule has 0 N–H and O–H groups in total. The average molecular weight is 301 g/mol. The van der Waals surface area contributed by atoms with Gasteiger partial charge in [-0.2, -0.15) is 0 Å². The molecule has 4 nitrogen and oxygen atoms in total. The second-order valence-corrected chi connectivity index (χ2v) is 6.74. The number of benzene rings is 1. The molecule has 1 aromatic rings. The van der Waals surface area contributed by atoms with Gasteiger partial charge in [-0.15, -0.1) is 0 Å². The van der Waals surface area contributed by atoms with Gasteiger partial charge in [-0.3, -0.25) is 4.79 Å². The second-order valence-electron chi connectivity index (χ2n) is 6.74. The second kappa shape index (κ2) is 6.69. The Hall–Kier alpha value is -1.55. The van der Waals surface area contributed by atoms with E-state index in [9.17, 15) is 4.79 Å². The summed E-state index contributed by atoms with van der Waals surface area (Å²) in [5.74, 6) is 0.201. The molecule has 2 aliphatic heterocycles. The molecule has 0 aliphatic carbocycles. The van der Waals surface area contributed by atoms with E-state index >= 15 is 0 Å². The van der Waals surface area contributed by atoms with Crippen LogP contribution in [-0.2, 0) is 0 Å². The maximum absolute atomic E-state index is 12.8. The highest BCUT2D eigenvalue weighted by Gasteiger charge is 2.31. The molecule has 1 atom stereocenters.